The largest absolute Gasteiger partial charge is 0.384 e. The minimum Gasteiger partial charge on any atom is -0.384 e. The van der Waals surface area contributed by atoms with Crippen molar-refractivity contribution in [2.24, 2.45) is 5.73 Å². The third-order valence-corrected chi connectivity index (χ3v) is 4.35. The average Bonchev–Trinajstić information content (AvgIpc) is 3.05. The summed E-state index contributed by atoms with van der Waals surface area (Å²) in [6.07, 6.45) is 1.60. The van der Waals surface area contributed by atoms with Crippen molar-refractivity contribution in [3.63, 3.8) is 0 Å². The highest BCUT2D eigenvalue weighted by Gasteiger charge is 2.16. The Bertz CT molecular complexity index is 950. The second-order valence-corrected chi connectivity index (χ2v) is 6.24. The predicted octanol–water partition coefficient (Wildman–Crippen LogP) is 2.45. The summed E-state index contributed by atoms with van der Waals surface area (Å²) in [5.41, 5.74) is 13.4. The molecule has 7 nitrogen and oxygen atoms in total. The standard InChI is InChI=1S/C17H15N5O2S/c1-9-2-4-11(15(19)23)12(6-9)21-16(24)13-8-25-17(22-13)10-3-5-14(18)20-7-10/h2-8H,1H3,(H2,18,20)(H2,19,23)(H,21,24). The van der Waals surface area contributed by atoms with E-state index in [0.29, 0.717) is 16.5 Å². The topological polar surface area (TPSA) is 124 Å². The summed E-state index contributed by atoms with van der Waals surface area (Å²) in [4.78, 5) is 32.3. The van der Waals surface area contributed by atoms with Crippen LogP contribution in [0.4, 0.5) is 11.5 Å². The van der Waals surface area contributed by atoms with Gasteiger partial charge in [-0.25, -0.2) is 9.97 Å². The maximum absolute atomic E-state index is 12.4. The van der Waals surface area contributed by atoms with Crippen molar-refractivity contribution in [2.75, 3.05) is 11.1 Å². The quantitative estimate of drug-likeness (QED) is 0.664. The normalized spacial score (nSPS) is 10.4. The molecule has 0 aliphatic carbocycles. The summed E-state index contributed by atoms with van der Waals surface area (Å²) < 4.78 is 0. The first-order chi connectivity index (χ1) is 11.9. The number of hydrogen-bond acceptors (Lipinski definition) is 6. The molecule has 0 saturated carbocycles. The molecule has 3 aromatic rings. The second-order valence-electron chi connectivity index (χ2n) is 5.38. The number of nitrogen functional groups attached to an aromatic ring is 1. The van der Waals surface area contributed by atoms with Crippen LogP contribution in [0.25, 0.3) is 10.6 Å². The van der Waals surface area contributed by atoms with Gasteiger partial charge in [-0.05, 0) is 36.8 Å². The van der Waals surface area contributed by atoms with E-state index in [2.05, 4.69) is 15.3 Å². The van der Waals surface area contributed by atoms with Gasteiger partial charge in [-0.1, -0.05) is 6.07 Å². The van der Waals surface area contributed by atoms with Crippen LogP contribution in [0.15, 0.2) is 41.9 Å². The first kappa shape index (κ1) is 16.6. The zero-order chi connectivity index (χ0) is 18.0. The van der Waals surface area contributed by atoms with Crippen LogP contribution < -0.4 is 16.8 Å². The number of carbonyl (C=O) groups is 2. The third kappa shape index (κ3) is 3.64. The molecular formula is C17H15N5O2S. The van der Waals surface area contributed by atoms with E-state index in [9.17, 15) is 9.59 Å². The van der Waals surface area contributed by atoms with Gasteiger partial charge in [0, 0.05) is 17.1 Å². The summed E-state index contributed by atoms with van der Waals surface area (Å²) in [5.74, 6) is -0.613. The van der Waals surface area contributed by atoms with Crippen LogP contribution in [0.1, 0.15) is 26.4 Å². The van der Waals surface area contributed by atoms with Crippen molar-refractivity contribution < 1.29 is 9.59 Å². The highest BCUT2D eigenvalue weighted by Crippen LogP contribution is 2.24. The number of carbonyl (C=O) groups excluding carboxylic acids is 2. The van der Waals surface area contributed by atoms with Gasteiger partial charge in [0.2, 0.25) is 0 Å². The number of benzene rings is 1. The van der Waals surface area contributed by atoms with Crippen LogP contribution in [-0.2, 0) is 0 Å². The molecule has 0 atom stereocenters. The maximum Gasteiger partial charge on any atom is 0.275 e. The molecule has 0 aliphatic heterocycles. The molecule has 126 valence electrons. The number of nitrogens with zero attached hydrogens (tertiary/aromatic N) is 2. The second kappa shape index (κ2) is 6.70. The highest BCUT2D eigenvalue weighted by atomic mass is 32.1. The first-order valence-corrected chi connectivity index (χ1v) is 8.21. The van der Waals surface area contributed by atoms with E-state index in [1.165, 1.54) is 11.3 Å². The number of nitrogens with one attached hydrogen (secondary N) is 1. The number of nitrogens with two attached hydrogens (primary N) is 2. The predicted molar refractivity (Wildman–Crippen MR) is 97.4 cm³/mol. The SMILES string of the molecule is Cc1ccc(C(N)=O)c(NC(=O)c2csc(-c3ccc(N)nc3)n2)c1. The number of rotatable bonds is 4. The molecule has 0 spiro atoms. The minimum absolute atomic E-state index is 0.244. The molecule has 0 fully saturated rings. The molecule has 5 N–H and O–H groups in total. The average molecular weight is 353 g/mol. The van der Waals surface area contributed by atoms with Crippen LogP contribution >= 0.6 is 11.3 Å². The molecule has 0 radical (unpaired) electrons. The van der Waals surface area contributed by atoms with Gasteiger partial charge >= 0.3 is 0 Å². The summed E-state index contributed by atoms with van der Waals surface area (Å²) in [6, 6.07) is 8.48. The van der Waals surface area contributed by atoms with Gasteiger partial charge < -0.3 is 16.8 Å². The molecule has 2 aromatic heterocycles. The van der Waals surface area contributed by atoms with Crippen molar-refractivity contribution in [1.29, 1.82) is 0 Å². The fourth-order valence-electron chi connectivity index (χ4n) is 2.21. The van der Waals surface area contributed by atoms with Gasteiger partial charge in [0.05, 0.1) is 11.3 Å². The molecule has 1 aromatic carbocycles. The summed E-state index contributed by atoms with van der Waals surface area (Å²) in [5, 5.41) is 4.98. The van der Waals surface area contributed by atoms with E-state index in [-0.39, 0.29) is 11.3 Å². The number of thiazole rings is 1. The molecule has 8 heteroatoms. The molecule has 0 aliphatic rings. The van der Waals surface area contributed by atoms with Crippen molar-refractivity contribution in [1.82, 2.24) is 9.97 Å². The number of aromatic nitrogens is 2. The number of primary amides is 1. The van der Waals surface area contributed by atoms with Gasteiger partial charge in [0.15, 0.2) is 0 Å². The monoisotopic (exact) mass is 353 g/mol. The minimum atomic E-state index is -0.609. The van der Waals surface area contributed by atoms with Crippen molar-refractivity contribution in [3.05, 3.63) is 58.7 Å². The number of pyridine rings is 1. The lowest BCUT2D eigenvalue weighted by Crippen LogP contribution is -2.18. The van der Waals surface area contributed by atoms with Gasteiger partial charge in [-0.2, -0.15) is 0 Å². The van der Waals surface area contributed by atoms with Gasteiger partial charge in [0.1, 0.15) is 16.5 Å². The zero-order valence-electron chi connectivity index (χ0n) is 13.3. The Kier molecular flexibility index (Phi) is 4.44. The number of amides is 2. The van der Waals surface area contributed by atoms with Gasteiger partial charge in [0.25, 0.3) is 11.8 Å². The highest BCUT2D eigenvalue weighted by molar-refractivity contribution is 7.13. The van der Waals surface area contributed by atoms with Crippen molar-refractivity contribution in [2.45, 2.75) is 6.92 Å². The fourth-order valence-corrected chi connectivity index (χ4v) is 3.00. The van der Waals surface area contributed by atoms with Gasteiger partial charge in [-0.15, -0.1) is 11.3 Å². The number of anilines is 2. The maximum atomic E-state index is 12.4. The summed E-state index contributed by atoms with van der Waals surface area (Å²) >= 11 is 1.32. The van der Waals surface area contributed by atoms with Gasteiger partial charge in [-0.3, -0.25) is 9.59 Å². The molecule has 0 saturated heterocycles. The van der Waals surface area contributed by atoms with E-state index in [1.54, 1.807) is 41.9 Å². The molecule has 0 unspecified atom stereocenters. The Balaban J connectivity index is 1.84. The Morgan fingerprint density at radius 2 is 2.00 bits per heavy atom. The third-order valence-electron chi connectivity index (χ3n) is 3.46. The first-order valence-electron chi connectivity index (χ1n) is 7.33. The van der Waals surface area contributed by atoms with Crippen LogP contribution in [0.2, 0.25) is 0 Å². The molecule has 2 heterocycles. The lowest BCUT2D eigenvalue weighted by atomic mass is 10.1. The van der Waals surface area contributed by atoms with E-state index in [1.807, 2.05) is 6.92 Å². The fraction of sp³-hybridized carbons (Fsp3) is 0.0588. The van der Waals surface area contributed by atoms with E-state index < -0.39 is 11.8 Å². The Morgan fingerprint density at radius 1 is 1.20 bits per heavy atom. The summed E-state index contributed by atoms with van der Waals surface area (Å²) in [7, 11) is 0. The van der Waals surface area contributed by atoms with Crippen LogP contribution in [-0.4, -0.2) is 21.8 Å². The van der Waals surface area contributed by atoms with Crippen LogP contribution in [0.5, 0.6) is 0 Å². The lowest BCUT2D eigenvalue weighted by Gasteiger charge is -2.08. The molecule has 0 bridgehead atoms. The lowest BCUT2D eigenvalue weighted by molar-refractivity contribution is 0.100. The summed E-state index contributed by atoms with van der Waals surface area (Å²) in [6.45, 7) is 1.86. The van der Waals surface area contributed by atoms with Crippen LogP contribution in [0, 0.1) is 6.92 Å². The molecule has 25 heavy (non-hydrogen) atoms. The Morgan fingerprint density at radius 3 is 2.68 bits per heavy atom. The zero-order valence-corrected chi connectivity index (χ0v) is 14.1. The van der Waals surface area contributed by atoms with E-state index in [4.69, 9.17) is 11.5 Å². The Labute approximate surface area is 147 Å². The van der Waals surface area contributed by atoms with Crippen LogP contribution in [0.3, 0.4) is 0 Å². The van der Waals surface area contributed by atoms with E-state index in [0.717, 1.165) is 11.1 Å². The number of hydrogen-bond donors (Lipinski definition) is 3. The number of aryl methyl sites for hydroxylation is 1. The Hall–Kier alpha value is -3.26. The van der Waals surface area contributed by atoms with Crippen molar-refractivity contribution in [3.8, 4) is 10.6 Å². The molecule has 2 amide bonds. The smallest absolute Gasteiger partial charge is 0.275 e. The van der Waals surface area contributed by atoms with Crippen molar-refractivity contribution >= 4 is 34.7 Å². The molecule has 3 rings (SSSR count). The van der Waals surface area contributed by atoms with E-state index >= 15 is 0 Å². The molecular weight excluding hydrogens is 338 g/mol.